The molecule has 0 spiro atoms. The van der Waals surface area contributed by atoms with Crippen molar-refractivity contribution in [1.82, 2.24) is 9.80 Å². The number of amides is 2. The molecular formula is C15H24N2O4. The van der Waals surface area contributed by atoms with Crippen LogP contribution in [0.3, 0.4) is 0 Å². The fourth-order valence-corrected chi connectivity index (χ4v) is 3.16. The molecule has 0 aromatic heterocycles. The van der Waals surface area contributed by atoms with Crippen molar-refractivity contribution in [3.63, 3.8) is 0 Å². The Morgan fingerprint density at radius 3 is 2.48 bits per heavy atom. The maximum Gasteiger partial charge on any atom is 0.308 e. The fourth-order valence-electron chi connectivity index (χ4n) is 3.16. The molecule has 2 rings (SSSR count). The van der Waals surface area contributed by atoms with Crippen molar-refractivity contribution < 1.29 is 19.5 Å². The van der Waals surface area contributed by atoms with Crippen LogP contribution in [-0.4, -0.2) is 59.4 Å². The summed E-state index contributed by atoms with van der Waals surface area (Å²) in [6, 6.07) is 0. The van der Waals surface area contributed by atoms with Crippen LogP contribution < -0.4 is 0 Å². The van der Waals surface area contributed by atoms with Crippen molar-refractivity contribution in [3.05, 3.63) is 0 Å². The summed E-state index contributed by atoms with van der Waals surface area (Å²) in [5.41, 5.74) is -0.305. The van der Waals surface area contributed by atoms with Crippen molar-refractivity contribution in [2.75, 3.05) is 26.7 Å². The number of carbonyl (C=O) groups is 3. The molecule has 2 fully saturated rings. The average Bonchev–Trinajstić information content (AvgIpc) is 2.43. The molecule has 0 aromatic carbocycles. The Balaban J connectivity index is 1.88. The molecule has 1 aliphatic heterocycles. The molecule has 6 heteroatoms. The first kappa shape index (κ1) is 15.8. The van der Waals surface area contributed by atoms with E-state index in [1.807, 2.05) is 6.92 Å². The number of likely N-dealkylation sites (N-methyl/N-ethyl adjacent to an activating group) is 1. The third kappa shape index (κ3) is 3.36. The average molecular weight is 296 g/mol. The Morgan fingerprint density at radius 2 is 1.95 bits per heavy atom. The van der Waals surface area contributed by atoms with Gasteiger partial charge in [-0.15, -0.1) is 0 Å². The highest BCUT2D eigenvalue weighted by Gasteiger charge is 2.41. The number of carbonyl (C=O) groups excluding carboxylic acids is 2. The molecule has 1 saturated carbocycles. The minimum Gasteiger partial charge on any atom is -0.481 e. The molecule has 1 unspecified atom stereocenters. The third-order valence-electron chi connectivity index (χ3n) is 4.82. The summed E-state index contributed by atoms with van der Waals surface area (Å²) in [5, 5.41) is 9.05. The molecule has 6 nitrogen and oxygen atoms in total. The standard InChI is InChI=1S/C15H24N2O4/c1-15(6-4-7-15)14(21)16(2)10-12(18)17-8-3-5-11(9-17)13(19)20/h11H,3-10H2,1-2H3,(H,19,20). The van der Waals surface area contributed by atoms with Crippen LogP contribution >= 0.6 is 0 Å². The zero-order valence-electron chi connectivity index (χ0n) is 12.8. The van der Waals surface area contributed by atoms with Gasteiger partial charge in [-0.2, -0.15) is 0 Å². The molecule has 1 heterocycles. The molecule has 1 N–H and O–H groups in total. The van der Waals surface area contributed by atoms with Crippen LogP contribution in [-0.2, 0) is 14.4 Å². The van der Waals surface area contributed by atoms with Crippen LogP contribution in [0, 0.1) is 11.3 Å². The highest BCUT2D eigenvalue weighted by molar-refractivity contribution is 5.88. The van der Waals surface area contributed by atoms with Gasteiger partial charge in [0.15, 0.2) is 0 Å². The molecule has 2 amide bonds. The second-order valence-corrected chi connectivity index (χ2v) is 6.59. The normalized spacial score (nSPS) is 24.1. The Hall–Kier alpha value is -1.59. The molecule has 1 aliphatic carbocycles. The van der Waals surface area contributed by atoms with Crippen LogP contribution in [0.2, 0.25) is 0 Å². The van der Waals surface area contributed by atoms with Gasteiger partial charge in [-0.3, -0.25) is 14.4 Å². The maximum absolute atomic E-state index is 12.3. The van der Waals surface area contributed by atoms with E-state index >= 15 is 0 Å². The van der Waals surface area contributed by atoms with Crippen molar-refractivity contribution in [3.8, 4) is 0 Å². The fraction of sp³-hybridized carbons (Fsp3) is 0.800. The van der Waals surface area contributed by atoms with E-state index in [1.165, 1.54) is 4.90 Å². The van der Waals surface area contributed by atoms with Gasteiger partial charge in [0.1, 0.15) is 0 Å². The number of aliphatic carboxylic acids is 1. The number of hydrogen-bond donors (Lipinski definition) is 1. The lowest BCUT2D eigenvalue weighted by Crippen LogP contribution is -2.50. The second kappa shape index (κ2) is 6.03. The summed E-state index contributed by atoms with van der Waals surface area (Å²) < 4.78 is 0. The van der Waals surface area contributed by atoms with Gasteiger partial charge in [0.05, 0.1) is 12.5 Å². The Morgan fingerprint density at radius 1 is 1.29 bits per heavy atom. The Labute approximate surface area is 125 Å². The summed E-state index contributed by atoms with van der Waals surface area (Å²) >= 11 is 0. The molecule has 1 atom stereocenters. The van der Waals surface area contributed by atoms with Crippen LogP contribution in [0.15, 0.2) is 0 Å². The Kier molecular flexibility index (Phi) is 4.54. The van der Waals surface area contributed by atoms with E-state index in [9.17, 15) is 14.4 Å². The molecular weight excluding hydrogens is 272 g/mol. The predicted molar refractivity (Wildman–Crippen MR) is 76.5 cm³/mol. The first-order chi connectivity index (χ1) is 9.83. The smallest absolute Gasteiger partial charge is 0.308 e. The largest absolute Gasteiger partial charge is 0.481 e. The molecule has 0 bridgehead atoms. The number of rotatable bonds is 4. The lowest BCUT2D eigenvalue weighted by molar-refractivity contribution is -0.151. The zero-order valence-corrected chi connectivity index (χ0v) is 12.8. The van der Waals surface area contributed by atoms with Gasteiger partial charge < -0.3 is 14.9 Å². The lowest BCUT2D eigenvalue weighted by atomic mass is 9.69. The van der Waals surface area contributed by atoms with Gasteiger partial charge in [0.25, 0.3) is 0 Å². The predicted octanol–water partition coefficient (Wildman–Crippen LogP) is 0.958. The van der Waals surface area contributed by atoms with Gasteiger partial charge >= 0.3 is 5.97 Å². The van der Waals surface area contributed by atoms with Crippen molar-refractivity contribution in [2.45, 2.75) is 39.0 Å². The van der Waals surface area contributed by atoms with Crippen LogP contribution in [0.4, 0.5) is 0 Å². The summed E-state index contributed by atoms with van der Waals surface area (Å²) in [5.74, 6) is -1.46. The molecule has 1 saturated heterocycles. The highest BCUT2D eigenvalue weighted by atomic mass is 16.4. The van der Waals surface area contributed by atoms with Gasteiger partial charge in [-0.1, -0.05) is 13.3 Å². The molecule has 21 heavy (non-hydrogen) atoms. The third-order valence-corrected chi connectivity index (χ3v) is 4.82. The van der Waals surface area contributed by atoms with E-state index in [0.717, 1.165) is 19.3 Å². The maximum atomic E-state index is 12.3. The zero-order chi connectivity index (χ0) is 15.6. The lowest BCUT2D eigenvalue weighted by Gasteiger charge is -2.40. The molecule has 0 radical (unpaired) electrons. The SMILES string of the molecule is CN(CC(=O)N1CCCC(C(=O)O)C1)C(=O)C1(C)CCC1. The number of nitrogens with zero attached hydrogens (tertiary/aromatic N) is 2. The quantitative estimate of drug-likeness (QED) is 0.838. The monoisotopic (exact) mass is 296 g/mol. The topological polar surface area (TPSA) is 77.9 Å². The second-order valence-electron chi connectivity index (χ2n) is 6.59. The van der Waals surface area contributed by atoms with Crippen molar-refractivity contribution in [2.24, 2.45) is 11.3 Å². The Bertz CT molecular complexity index is 445. The van der Waals surface area contributed by atoms with E-state index in [1.54, 1.807) is 11.9 Å². The number of carboxylic acids is 1. The van der Waals surface area contributed by atoms with E-state index in [0.29, 0.717) is 19.4 Å². The van der Waals surface area contributed by atoms with Crippen molar-refractivity contribution >= 4 is 17.8 Å². The molecule has 2 aliphatic rings. The van der Waals surface area contributed by atoms with E-state index in [4.69, 9.17) is 5.11 Å². The number of piperidine rings is 1. The van der Waals surface area contributed by atoms with Gasteiger partial charge in [0, 0.05) is 25.6 Å². The van der Waals surface area contributed by atoms with E-state index in [2.05, 4.69) is 0 Å². The summed E-state index contributed by atoms with van der Waals surface area (Å²) in [6.45, 7) is 2.83. The first-order valence-electron chi connectivity index (χ1n) is 7.59. The number of hydrogen-bond acceptors (Lipinski definition) is 3. The van der Waals surface area contributed by atoms with Crippen LogP contribution in [0.5, 0.6) is 0 Å². The van der Waals surface area contributed by atoms with Gasteiger partial charge in [-0.05, 0) is 25.7 Å². The summed E-state index contributed by atoms with van der Waals surface area (Å²) in [6.07, 6.45) is 4.16. The van der Waals surface area contributed by atoms with Gasteiger partial charge in [0.2, 0.25) is 11.8 Å². The van der Waals surface area contributed by atoms with E-state index in [-0.39, 0.29) is 30.3 Å². The van der Waals surface area contributed by atoms with Gasteiger partial charge in [-0.25, -0.2) is 0 Å². The molecule has 118 valence electrons. The molecule has 0 aromatic rings. The first-order valence-corrected chi connectivity index (χ1v) is 7.59. The highest BCUT2D eigenvalue weighted by Crippen LogP contribution is 2.41. The number of likely N-dealkylation sites (tertiary alicyclic amines) is 1. The number of carboxylic acid groups (broad SMARTS) is 1. The van der Waals surface area contributed by atoms with E-state index < -0.39 is 11.9 Å². The summed E-state index contributed by atoms with van der Waals surface area (Å²) in [7, 11) is 1.66. The minimum absolute atomic E-state index is 0.0221. The minimum atomic E-state index is -0.848. The van der Waals surface area contributed by atoms with Crippen LogP contribution in [0.1, 0.15) is 39.0 Å². The summed E-state index contributed by atoms with van der Waals surface area (Å²) in [4.78, 5) is 38.7. The van der Waals surface area contributed by atoms with Crippen molar-refractivity contribution in [1.29, 1.82) is 0 Å². The van der Waals surface area contributed by atoms with Crippen LogP contribution in [0.25, 0.3) is 0 Å².